The Balaban J connectivity index is 2.44. The minimum absolute atomic E-state index is 0.0971. The maximum absolute atomic E-state index is 11.5. The zero-order valence-corrected chi connectivity index (χ0v) is 10.9. The van der Waals surface area contributed by atoms with Gasteiger partial charge in [-0.25, -0.2) is 0 Å². The van der Waals surface area contributed by atoms with Crippen LogP contribution in [0.25, 0.3) is 0 Å². The van der Waals surface area contributed by atoms with Gasteiger partial charge in [0, 0.05) is 25.6 Å². The number of carbonyl (C=O) groups is 1. The summed E-state index contributed by atoms with van der Waals surface area (Å²) in [5.41, 5.74) is 2.28. The van der Waals surface area contributed by atoms with Gasteiger partial charge in [-0.15, -0.1) is 0 Å². The minimum atomic E-state index is 0.0971. The van der Waals surface area contributed by atoms with E-state index >= 15 is 0 Å². The normalized spacial score (nSPS) is 15.1. The Morgan fingerprint density at radius 3 is 2.88 bits per heavy atom. The maximum Gasteiger partial charge on any atom is 0.219 e. The van der Waals surface area contributed by atoms with Gasteiger partial charge in [-0.3, -0.25) is 4.79 Å². The molecule has 0 fully saturated rings. The van der Waals surface area contributed by atoms with Crippen LogP contribution in [0.5, 0.6) is 5.75 Å². The number of rotatable bonds is 1. The van der Waals surface area contributed by atoms with Gasteiger partial charge in [0.25, 0.3) is 0 Å². The highest BCUT2D eigenvalue weighted by molar-refractivity contribution is 6.32. The molecule has 0 saturated carbocycles. The van der Waals surface area contributed by atoms with Crippen LogP contribution in [0.2, 0.25) is 5.02 Å². The molecule has 0 unspecified atom stereocenters. The van der Waals surface area contributed by atoms with E-state index in [-0.39, 0.29) is 5.91 Å². The van der Waals surface area contributed by atoms with Crippen molar-refractivity contribution in [3.8, 4) is 5.75 Å². The molecule has 1 aromatic carbocycles. The van der Waals surface area contributed by atoms with E-state index in [1.165, 1.54) is 5.56 Å². The van der Waals surface area contributed by atoms with Crippen LogP contribution < -0.4 is 4.74 Å². The van der Waals surface area contributed by atoms with Crippen molar-refractivity contribution in [3.63, 3.8) is 0 Å². The van der Waals surface area contributed by atoms with Gasteiger partial charge in [-0.2, -0.15) is 0 Å². The molecule has 2 rings (SSSR count). The fourth-order valence-electron chi connectivity index (χ4n) is 2.27. The standard InChI is InChI=1S/C13H16ClNO2/c1-9(16)15-7-3-4-10-5-6-12(14)13(17-2)11(10)8-15/h5-6H,3-4,7-8H2,1-2H3. The van der Waals surface area contributed by atoms with Crippen LogP contribution in [0.15, 0.2) is 12.1 Å². The molecule has 0 N–H and O–H groups in total. The third-order valence-corrected chi connectivity index (χ3v) is 3.48. The number of hydrogen-bond donors (Lipinski definition) is 0. The average Bonchev–Trinajstić information content (AvgIpc) is 2.51. The van der Waals surface area contributed by atoms with Gasteiger partial charge in [0.15, 0.2) is 0 Å². The highest BCUT2D eigenvalue weighted by Gasteiger charge is 2.20. The Labute approximate surface area is 106 Å². The van der Waals surface area contributed by atoms with E-state index in [9.17, 15) is 4.79 Å². The molecular weight excluding hydrogens is 238 g/mol. The first-order valence-electron chi connectivity index (χ1n) is 5.73. The quantitative estimate of drug-likeness (QED) is 0.770. The summed E-state index contributed by atoms with van der Waals surface area (Å²) in [7, 11) is 1.62. The molecule has 17 heavy (non-hydrogen) atoms. The van der Waals surface area contributed by atoms with Gasteiger partial charge < -0.3 is 9.64 Å². The lowest BCUT2D eigenvalue weighted by atomic mass is 10.0. The fraction of sp³-hybridized carbons (Fsp3) is 0.462. The Morgan fingerprint density at radius 2 is 2.24 bits per heavy atom. The summed E-state index contributed by atoms with van der Waals surface area (Å²) >= 11 is 6.11. The summed E-state index contributed by atoms with van der Waals surface area (Å²) in [6.45, 7) is 2.99. The molecule has 3 nitrogen and oxygen atoms in total. The Morgan fingerprint density at radius 1 is 1.47 bits per heavy atom. The number of amides is 1. The number of carbonyl (C=O) groups excluding carboxylic acids is 1. The lowest BCUT2D eigenvalue weighted by molar-refractivity contribution is -0.129. The first-order chi connectivity index (χ1) is 8.13. The molecule has 1 aliphatic rings. The minimum Gasteiger partial charge on any atom is -0.495 e. The van der Waals surface area contributed by atoms with E-state index in [4.69, 9.17) is 16.3 Å². The van der Waals surface area contributed by atoms with Crippen LogP contribution in [0.3, 0.4) is 0 Å². The molecule has 1 aromatic rings. The smallest absolute Gasteiger partial charge is 0.219 e. The molecule has 1 aliphatic heterocycles. The topological polar surface area (TPSA) is 29.5 Å². The number of aryl methyl sites for hydroxylation is 1. The lowest BCUT2D eigenvalue weighted by Gasteiger charge is -2.20. The Kier molecular flexibility index (Phi) is 3.57. The van der Waals surface area contributed by atoms with E-state index < -0.39 is 0 Å². The number of fused-ring (bicyclic) bond motifs is 1. The van der Waals surface area contributed by atoms with Crippen molar-refractivity contribution >= 4 is 17.5 Å². The van der Waals surface area contributed by atoms with Crippen molar-refractivity contribution in [2.45, 2.75) is 26.3 Å². The summed E-state index contributed by atoms with van der Waals surface area (Å²) in [4.78, 5) is 13.3. The second-order valence-corrected chi connectivity index (χ2v) is 4.67. The molecule has 0 spiro atoms. The first-order valence-corrected chi connectivity index (χ1v) is 6.11. The van der Waals surface area contributed by atoms with E-state index in [2.05, 4.69) is 0 Å². The molecule has 0 radical (unpaired) electrons. The number of hydrogen-bond acceptors (Lipinski definition) is 2. The number of benzene rings is 1. The van der Waals surface area contributed by atoms with Gasteiger partial charge in [0.1, 0.15) is 5.75 Å². The van der Waals surface area contributed by atoms with Gasteiger partial charge in [0.05, 0.1) is 12.1 Å². The molecule has 0 saturated heterocycles. The molecule has 1 heterocycles. The van der Waals surface area contributed by atoms with Crippen LogP contribution >= 0.6 is 11.6 Å². The zero-order valence-electron chi connectivity index (χ0n) is 10.1. The third kappa shape index (κ3) is 2.39. The van der Waals surface area contributed by atoms with Crippen LogP contribution in [0.4, 0.5) is 0 Å². The van der Waals surface area contributed by atoms with Crippen molar-refractivity contribution in [2.24, 2.45) is 0 Å². The van der Waals surface area contributed by atoms with Crippen molar-refractivity contribution in [1.29, 1.82) is 0 Å². The fourth-order valence-corrected chi connectivity index (χ4v) is 2.52. The molecular formula is C13H16ClNO2. The number of methoxy groups -OCH3 is 1. The Bertz CT molecular complexity index is 445. The number of nitrogens with zero attached hydrogens (tertiary/aromatic N) is 1. The van der Waals surface area contributed by atoms with Crippen molar-refractivity contribution < 1.29 is 9.53 Å². The van der Waals surface area contributed by atoms with E-state index in [0.29, 0.717) is 17.3 Å². The molecule has 0 atom stereocenters. The van der Waals surface area contributed by atoms with Crippen molar-refractivity contribution in [1.82, 2.24) is 4.90 Å². The highest BCUT2D eigenvalue weighted by Crippen LogP contribution is 2.34. The average molecular weight is 254 g/mol. The predicted molar refractivity (Wildman–Crippen MR) is 67.4 cm³/mol. The van der Waals surface area contributed by atoms with Gasteiger partial charge in [-0.1, -0.05) is 17.7 Å². The van der Waals surface area contributed by atoms with Crippen molar-refractivity contribution in [3.05, 3.63) is 28.3 Å². The van der Waals surface area contributed by atoms with Crippen molar-refractivity contribution in [2.75, 3.05) is 13.7 Å². The third-order valence-electron chi connectivity index (χ3n) is 3.18. The maximum atomic E-state index is 11.5. The molecule has 1 amide bonds. The van der Waals surface area contributed by atoms with E-state index in [0.717, 1.165) is 24.9 Å². The molecule has 0 bridgehead atoms. The Hall–Kier alpha value is -1.22. The summed E-state index contributed by atoms with van der Waals surface area (Å²) in [6, 6.07) is 3.90. The molecule has 0 aromatic heterocycles. The summed E-state index contributed by atoms with van der Waals surface area (Å²) in [5.74, 6) is 0.803. The SMILES string of the molecule is COc1c(Cl)ccc2c1CN(C(C)=O)CCC2. The zero-order chi connectivity index (χ0) is 12.4. The van der Waals surface area contributed by atoms with E-state index in [1.54, 1.807) is 14.0 Å². The molecule has 0 aliphatic carbocycles. The second kappa shape index (κ2) is 4.96. The monoisotopic (exact) mass is 253 g/mol. The van der Waals surface area contributed by atoms with Crippen LogP contribution in [0.1, 0.15) is 24.5 Å². The van der Waals surface area contributed by atoms with Crippen LogP contribution in [0, 0.1) is 0 Å². The van der Waals surface area contributed by atoms with E-state index in [1.807, 2.05) is 17.0 Å². The molecule has 92 valence electrons. The lowest BCUT2D eigenvalue weighted by Crippen LogP contribution is -2.28. The summed E-state index contributed by atoms with van der Waals surface area (Å²) in [6.07, 6.45) is 1.95. The van der Waals surface area contributed by atoms with Gasteiger partial charge in [-0.05, 0) is 24.5 Å². The summed E-state index contributed by atoms with van der Waals surface area (Å²) in [5, 5.41) is 0.608. The molecule has 4 heteroatoms. The number of halogens is 1. The predicted octanol–water partition coefficient (Wildman–Crippen LogP) is 2.64. The first kappa shape index (κ1) is 12.2. The second-order valence-electron chi connectivity index (χ2n) is 4.26. The largest absolute Gasteiger partial charge is 0.495 e. The summed E-state index contributed by atoms with van der Waals surface area (Å²) < 4.78 is 5.36. The van der Waals surface area contributed by atoms with Gasteiger partial charge >= 0.3 is 0 Å². The van der Waals surface area contributed by atoms with Gasteiger partial charge in [0.2, 0.25) is 5.91 Å². The van der Waals surface area contributed by atoms with Crippen LogP contribution in [-0.2, 0) is 17.8 Å². The number of ether oxygens (including phenoxy) is 1. The van der Waals surface area contributed by atoms with Crippen LogP contribution in [-0.4, -0.2) is 24.5 Å². The highest BCUT2D eigenvalue weighted by atomic mass is 35.5.